The van der Waals surface area contributed by atoms with E-state index in [-0.39, 0.29) is 11.5 Å². The van der Waals surface area contributed by atoms with Crippen LogP contribution in [0.2, 0.25) is 0 Å². The molecule has 7 rings (SSSR count). The molecule has 0 saturated heterocycles. The molecule has 1 amide bonds. The van der Waals surface area contributed by atoms with Crippen molar-refractivity contribution in [2.45, 2.75) is 19.6 Å². The number of fused-ring (bicyclic) bond motifs is 2. The van der Waals surface area contributed by atoms with Crippen LogP contribution in [0.5, 0.6) is 17.2 Å². The van der Waals surface area contributed by atoms with Gasteiger partial charge in [0.1, 0.15) is 12.4 Å². The average molecular weight is 668 g/mol. The van der Waals surface area contributed by atoms with Crippen molar-refractivity contribution >= 4 is 39.8 Å². The summed E-state index contributed by atoms with van der Waals surface area (Å²) in [6.07, 6.45) is 1.81. The fourth-order valence-corrected chi connectivity index (χ4v) is 7.12. The summed E-state index contributed by atoms with van der Waals surface area (Å²) in [5.41, 5.74) is 3.86. The van der Waals surface area contributed by atoms with E-state index in [0.717, 1.165) is 27.5 Å². The molecular weight excluding hydrogens is 635 g/mol. The van der Waals surface area contributed by atoms with Gasteiger partial charge < -0.3 is 19.5 Å². The Kier molecular flexibility index (Phi) is 8.83. The fourth-order valence-electron chi connectivity index (χ4n) is 6.08. The highest BCUT2D eigenvalue weighted by Crippen LogP contribution is 2.33. The van der Waals surface area contributed by atoms with Crippen molar-refractivity contribution in [1.82, 2.24) is 4.57 Å². The lowest BCUT2D eigenvalue weighted by molar-refractivity contribution is -0.113. The molecular formula is C40H33N3O5S. The van der Waals surface area contributed by atoms with Gasteiger partial charge >= 0.3 is 0 Å². The second-order valence-corrected chi connectivity index (χ2v) is 12.5. The highest BCUT2D eigenvalue weighted by Gasteiger charge is 2.32. The summed E-state index contributed by atoms with van der Waals surface area (Å²) in [7, 11) is 3.18. The van der Waals surface area contributed by atoms with E-state index in [1.807, 2.05) is 97.1 Å². The molecule has 244 valence electrons. The van der Waals surface area contributed by atoms with Gasteiger partial charge in [-0.25, -0.2) is 4.99 Å². The summed E-state index contributed by atoms with van der Waals surface area (Å²) < 4.78 is 19.5. The standard InChI is InChI=1S/C40H33N3O5S/c1-25-36(38(44)42-30-15-5-4-6-16-30)37(28-13-10-17-31(23-28)46-2)43-39(45)35(49-40(43)41-25)22-26-19-20-33(34(21-26)47-3)48-24-29-14-9-12-27-11-7-8-18-32(27)29/h4-23,37H,24H2,1-3H3,(H,42,44)/b35-22-/t37-/m0/s1. The number of nitrogens with zero attached hydrogens (tertiary/aromatic N) is 2. The third kappa shape index (κ3) is 6.36. The zero-order valence-electron chi connectivity index (χ0n) is 27.2. The number of hydrogen-bond acceptors (Lipinski definition) is 7. The first-order valence-corrected chi connectivity index (χ1v) is 16.6. The topological polar surface area (TPSA) is 91.2 Å². The largest absolute Gasteiger partial charge is 0.497 e. The van der Waals surface area contributed by atoms with Crippen LogP contribution in [-0.2, 0) is 11.4 Å². The summed E-state index contributed by atoms with van der Waals surface area (Å²) in [5.74, 6) is 1.42. The lowest BCUT2D eigenvalue weighted by Crippen LogP contribution is -2.40. The molecule has 0 radical (unpaired) electrons. The molecule has 1 aliphatic heterocycles. The second kappa shape index (κ2) is 13.7. The maximum Gasteiger partial charge on any atom is 0.271 e. The molecule has 1 N–H and O–H groups in total. The SMILES string of the molecule is COc1cccc([C@H]2C(C(=O)Nc3ccccc3)=C(C)N=c3s/c(=C\c4ccc(OCc5cccc6ccccc56)c(OC)c4)c(=O)n32)c1. The minimum absolute atomic E-state index is 0.260. The van der Waals surface area contributed by atoms with Gasteiger partial charge in [0.25, 0.3) is 11.5 Å². The Bertz CT molecular complexity index is 2410. The molecule has 0 aliphatic carbocycles. The molecule has 2 heterocycles. The van der Waals surface area contributed by atoms with Gasteiger partial charge in [0.2, 0.25) is 0 Å². The Morgan fingerprint density at radius 1 is 0.878 bits per heavy atom. The monoisotopic (exact) mass is 667 g/mol. The molecule has 0 bridgehead atoms. The van der Waals surface area contributed by atoms with Crippen LogP contribution in [0.25, 0.3) is 16.8 Å². The zero-order valence-corrected chi connectivity index (χ0v) is 28.0. The lowest BCUT2D eigenvalue weighted by Gasteiger charge is -2.25. The summed E-state index contributed by atoms with van der Waals surface area (Å²) in [5, 5.41) is 5.27. The van der Waals surface area contributed by atoms with Crippen LogP contribution in [0.3, 0.4) is 0 Å². The van der Waals surface area contributed by atoms with Gasteiger partial charge in [-0.3, -0.25) is 14.2 Å². The van der Waals surface area contributed by atoms with Gasteiger partial charge in [-0.05, 0) is 76.9 Å². The van der Waals surface area contributed by atoms with E-state index < -0.39 is 6.04 Å². The Morgan fingerprint density at radius 3 is 2.47 bits per heavy atom. The molecule has 8 nitrogen and oxygen atoms in total. The maximum absolute atomic E-state index is 14.2. The number of ether oxygens (including phenoxy) is 3. The predicted molar refractivity (Wildman–Crippen MR) is 193 cm³/mol. The van der Waals surface area contributed by atoms with Crippen molar-refractivity contribution in [2.24, 2.45) is 4.99 Å². The lowest BCUT2D eigenvalue weighted by atomic mass is 9.95. The molecule has 1 aromatic heterocycles. The van der Waals surface area contributed by atoms with Crippen LogP contribution < -0.4 is 34.4 Å². The van der Waals surface area contributed by atoms with Crippen LogP contribution >= 0.6 is 11.3 Å². The van der Waals surface area contributed by atoms with Crippen molar-refractivity contribution < 1.29 is 19.0 Å². The fraction of sp³-hybridized carbons (Fsp3) is 0.125. The number of methoxy groups -OCH3 is 2. The van der Waals surface area contributed by atoms with Crippen LogP contribution in [0, 0.1) is 0 Å². The Labute approximate surface area is 286 Å². The maximum atomic E-state index is 14.2. The minimum atomic E-state index is -0.725. The van der Waals surface area contributed by atoms with Crippen molar-refractivity contribution in [1.29, 1.82) is 0 Å². The minimum Gasteiger partial charge on any atom is -0.497 e. The molecule has 49 heavy (non-hydrogen) atoms. The summed E-state index contributed by atoms with van der Waals surface area (Å²) in [6, 6.07) is 35.9. The number of anilines is 1. The van der Waals surface area contributed by atoms with Crippen molar-refractivity contribution in [3.05, 3.63) is 163 Å². The molecule has 0 saturated carbocycles. The first kappa shape index (κ1) is 31.7. The molecule has 0 spiro atoms. The summed E-state index contributed by atoms with van der Waals surface area (Å²) in [6.45, 7) is 2.17. The van der Waals surface area contributed by atoms with Crippen LogP contribution in [0.4, 0.5) is 5.69 Å². The van der Waals surface area contributed by atoms with E-state index in [9.17, 15) is 9.59 Å². The van der Waals surface area contributed by atoms with Gasteiger partial charge in [0, 0.05) is 5.69 Å². The van der Waals surface area contributed by atoms with Crippen molar-refractivity contribution in [3.63, 3.8) is 0 Å². The number of rotatable bonds is 9. The van der Waals surface area contributed by atoms with Crippen molar-refractivity contribution in [2.75, 3.05) is 19.5 Å². The highest BCUT2D eigenvalue weighted by atomic mass is 32.1. The normalized spacial score (nSPS) is 14.3. The second-order valence-electron chi connectivity index (χ2n) is 11.5. The van der Waals surface area contributed by atoms with E-state index >= 15 is 0 Å². The summed E-state index contributed by atoms with van der Waals surface area (Å²) in [4.78, 5) is 33.3. The van der Waals surface area contributed by atoms with Gasteiger partial charge in [-0.15, -0.1) is 0 Å². The number of nitrogens with one attached hydrogen (secondary N) is 1. The molecule has 1 aliphatic rings. The van der Waals surface area contributed by atoms with Crippen molar-refractivity contribution in [3.8, 4) is 17.2 Å². The van der Waals surface area contributed by atoms with Gasteiger partial charge in [-0.1, -0.05) is 90.2 Å². The number of aromatic nitrogens is 1. The molecule has 0 fully saturated rings. The number of carbonyl (C=O) groups excluding carboxylic acids is 1. The number of hydrogen-bond donors (Lipinski definition) is 1. The molecule has 6 aromatic rings. The van der Waals surface area contributed by atoms with E-state index in [1.54, 1.807) is 25.7 Å². The van der Waals surface area contributed by atoms with Crippen LogP contribution in [-0.4, -0.2) is 24.7 Å². The quantitative estimate of drug-likeness (QED) is 0.187. The van der Waals surface area contributed by atoms with E-state index in [2.05, 4.69) is 29.6 Å². The number of carbonyl (C=O) groups is 1. The number of thiazole rings is 1. The van der Waals surface area contributed by atoms with E-state index in [0.29, 0.717) is 50.1 Å². The Balaban J connectivity index is 1.25. The van der Waals surface area contributed by atoms with Gasteiger partial charge in [0.15, 0.2) is 16.3 Å². The Morgan fingerprint density at radius 2 is 1.65 bits per heavy atom. The smallest absolute Gasteiger partial charge is 0.271 e. The van der Waals surface area contributed by atoms with Gasteiger partial charge in [-0.2, -0.15) is 0 Å². The van der Waals surface area contributed by atoms with Crippen LogP contribution in [0.1, 0.15) is 29.7 Å². The zero-order chi connectivity index (χ0) is 33.9. The molecule has 5 aromatic carbocycles. The first-order chi connectivity index (χ1) is 23.9. The number of benzene rings is 5. The summed E-state index contributed by atoms with van der Waals surface area (Å²) >= 11 is 1.27. The average Bonchev–Trinajstić information content (AvgIpc) is 3.43. The van der Waals surface area contributed by atoms with Crippen LogP contribution in [0.15, 0.2) is 136 Å². The molecule has 9 heteroatoms. The first-order valence-electron chi connectivity index (χ1n) is 15.7. The highest BCUT2D eigenvalue weighted by molar-refractivity contribution is 7.07. The number of para-hydroxylation sites is 1. The van der Waals surface area contributed by atoms with E-state index in [4.69, 9.17) is 19.2 Å². The predicted octanol–water partition coefficient (Wildman–Crippen LogP) is 6.62. The molecule has 0 unspecified atom stereocenters. The number of amides is 1. The third-order valence-corrected chi connectivity index (χ3v) is 9.44. The molecule has 1 atom stereocenters. The third-order valence-electron chi connectivity index (χ3n) is 8.46. The number of allylic oxidation sites excluding steroid dienone is 1. The Hall–Kier alpha value is -5.93. The van der Waals surface area contributed by atoms with E-state index in [1.165, 1.54) is 11.3 Å². The van der Waals surface area contributed by atoms with Gasteiger partial charge in [0.05, 0.1) is 36.1 Å².